The lowest BCUT2D eigenvalue weighted by atomic mass is 10.1. The molecule has 0 spiro atoms. The Morgan fingerprint density at radius 3 is 2.73 bits per heavy atom. The number of nitrogens with one attached hydrogen (secondary N) is 2. The van der Waals surface area contributed by atoms with Gasteiger partial charge >= 0.3 is 0 Å². The number of aliphatic imine (C=N–C) groups is 1. The number of guanidine groups is 1. The van der Waals surface area contributed by atoms with Crippen LogP contribution in [0.2, 0.25) is 0 Å². The fraction of sp³-hybridized carbons (Fsp3) is 0.375. The molecular formula is C16H22IN5. The van der Waals surface area contributed by atoms with Gasteiger partial charge < -0.3 is 10.6 Å². The summed E-state index contributed by atoms with van der Waals surface area (Å²) in [6.07, 6.45) is 2.97. The highest BCUT2D eigenvalue weighted by atomic mass is 127. The maximum absolute atomic E-state index is 4.29. The van der Waals surface area contributed by atoms with Gasteiger partial charge in [-0.1, -0.05) is 30.3 Å². The molecule has 0 bridgehead atoms. The highest BCUT2D eigenvalue weighted by Crippen LogP contribution is 2.40. The van der Waals surface area contributed by atoms with Crippen LogP contribution in [-0.4, -0.2) is 28.8 Å². The van der Waals surface area contributed by atoms with Crippen molar-refractivity contribution in [3.8, 4) is 0 Å². The highest BCUT2D eigenvalue weighted by molar-refractivity contribution is 14.0. The molecule has 0 aliphatic heterocycles. The predicted molar refractivity (Wildman–Crippen MR) is 99.5 cm³/mol. The third kappa shape index (κ3) is 4.00. The molecule has 2 atom stereocenters. The van der Waals surface area contributed by atoms with Crippen molar-refractivity contribution in [1.82, 2.24) is 20.4 Å². The van der Waals surface area contributed by atoms with Crippen LogP contribution in [0, 0.1) is 0 Å². The molecule has 5 nitrogen and oxygen atoms in total. The van der Waals surface area contributed by atoms with E-state index in [0.717, 1.165) is 24.6 Å². The summed E-state index contributed by atoms with van der Waals surface area (Å²) in [5, 5.41) is 11.0. The largest absolute Gasteiger partial charge is 0.353 e. The van der Waals surface area contributed by atoms with E-state index >= 15 is 0 Å². The number of hydrogen-bond donors (Lipinski definition) is 2. The first-order valence-electron chi connectivity index (χ1n) is 7.27. The van der Waals surface area contributed by atoms with Gasteiger partial charge in [-0.15, -0.1) is 24.0 Å². The second-order valence-corrected chi connectivity index (χ2v) is 5.38. The van der Waals surface area contributed by atoms with Crippen molar-refractivity contribution < 1.29 is 0 Å². The van der Waals surface area contributed by atoms with E-state index in [9.17, 15) is 0 Å². The van der Waals surface area contributed by atoms with E-state index < -0.39 is 0 Å². The normalized spacial score (nSPS) is 20.2. The Labute approximate surface area is 148 Å². The van der Waals surface area contributed by atoms with Crippen LogP contribution in [0.1, 0.15) is 23.6 Å². The van der Waals surface area contributed by atoms with E-state index in [4.69, 9.17) is 0 Å². The molecular weight excluding hydrogens is 389 g/mol. The Kier molecular flexibility index (Phi) is 5.82. The number of halogens is 1. The molecule has 6 heteroatoms. The molecule has 1 aliphatic carbocycles. The lowest BCUT2D eigenvalue weighted by molar-refractivity contribution is 0.683. The van der Waals surface area contributed by atoms with E-state index in [1.54, 1.807) is 13.2 Å². The van der Waals surface area contributed by atoms with Gasteiger partial charge in [0.2, 0.25) is 0 Å². The lowest BCUT2D eigenvalue weighted by Crippen LogP contribution is -2.38. The summed E-state index contributed by atoms with van der Waals surface area (Å²) in [6.45, 7) is 0.721. The molecule has 1 heterocycles. The highest BCUT2D eigenvalue weighted by Gasteiger charge is 2.38. The summed E-state index contributed by atoms with van der Waals surface area (Å²) >= 11 is 0. The van der Waals surface area contributed by atoms with Gasteiger partial charge in [0.05, 0.1) is 12.2 Å². The second kappa shape index (κ2) is 7.62. The smallest absolute Gasteiger partial charge is 0.191 e. The first-order valence-corrected chi connectivity index (χ1v) is 7.27. The van der Waals surface area contributed by atoms with Crippen molar-refractivity contribution in [1.29, 1.82) is 0 Å². The maximum atomic E-state index is 4.29. The average molecular weight is 411 g/mol. The van der Waals surface area contributed by atoms with Crippen molar-refractivity contribution in [2.24, 2.45) is 12.0 Å². The molecule has 0 radical (unpaired) electrons. The second-order valence-electron chi connectivity index (χ2n) is 5.38. The van der Waals surface area contributed by atoms with Gasteiger partial charge in [-0.2, -0.15) is 5.10 Å². The van der Waals surface area contributed by atoms with Crippen molar-refractivity contribution >= 4 is 29.9 Å². The number of aryl methyl sites for hydroxylation is 1. The van der Waals surface area contributed by atoms with Gasteiger partial charge in [-0.25, -0.2) is 0 Å². The maximum Gasteiger partial charge on any atom is 0.191 e. The Morgan fingerprint density at radius 2 is 2.09 bits per heavy atom. The van der Waals surface area contributed by atoms with Gasteiger partial charge in [0.15, 0.2) is 5.96 Å². The minimum absolute atomic E-state index is 0. The predicted octanol–water partition coefficient (Wildman–Crippen LogP) is 2.26. The zero-order chi connectivity index (χ0) is 14.7. The molecule has 3 rings (SSSR count). The summed E-state index contributed by atoms with van der Waals surface area (Å²) in [6, 6.07) is 13.1. The van der Waals surface area contributed by atoms with Gasteiger partial charge in [0.1, 0.15) is 0 Å². The molecule has 2 N–H and O–H groups in total. The molecule has 2 aromatic rings. The van der Waals surface area contributed by atoms with E-state index in [-0.39, 0.29) is 24.0 Å². The van der Waals surface area contributed by atoms with Crippen molar-refractivity contribution in [2.75, 3.05) is 7.05 Å². The van der Waals surface area contributed by atoms with Crippen molar-refractivity contribution in [3.05, 3.63) is 53.9 Å². The Morgan fingerprint density at radius 1 is 1.32 bits per heavy atom. The molecule has 2 unspecified atom stereocenters. The zero-order valence-corrected chi connectivity index (χ0v) is 15.2. The Hall–Kier alpha value is -1.57. The van der Waals surface area contributed by atoms with E-state index in [1.807, 2.05) is 17.8 Å². The van der Waals surface area contributed by atoms with E-state index in [1.165, 1.54) is 5.56 Å². The molecule has 1 aromatic carbocycles. The summed E-state index contributed by atoms with van der Waals surface area (Å²) in [7, 11) is 3.75. The van der Waals surface area contributed by atoms with Crippen molar-refractivity contribution in [2.45, 2.75) is 24.9 Å². The van der Waals surface area contributed by atoms with Crippen LogP contribution >= 0.6 is 24.0 Å². The number of rotatable bonds is 4. The molecule has 1 saturated carbocycles. The van der Waals surface area contributed by atoms with Gasteiger partial charge in [-0.05, 0) is 18.1 Å². The lowest BCUT2D eigenvalue weighted by Gasteiger charge is -2.12. The van der Waals surface area contributed by atoms with Crippen LogP contribution in [0.15, 0.2) is 47.6 Å². The van der Waals surface area contributed by atoms with Crippen LogP contribution in [0.3, 0.4) is 0 Å². The Balaban J connectivity index is 0.00000176. The van der Waals surface area contributed by atoms with Gasteiger partial charge in [0, 0.05) is 32.3 Å². The summed E-state index contributed by atoms with van der Waals surface area (Å²) < 4.78 is 1.87. The van der Waals surface area contributed by atoms with Crippen LogP contribution in [0.4, 0.5) is 0 Å². The fourth-order valence-corrected chi connectivity index (χ4v) is 2.54. The SMILES string of the molecule is CN=C(NCc1ccnn1C)NC1CC1c1ccccc1.I. The van der Waals surface area contributed by atoms with E-state index in [2.05, 4.69) is 51.1 Å². The molecule has 118 valence electrons. The van der Waals surface area contributed by atoms with Crippen molar-refractivity contribution in [3.63, 3.8) is 0 Å². The molecule has 1 aliphatic rings. The minimum atomic E-state index is 0. The molecule has 1 fully saturated rings. The van der Waals surface area contributed by atoms with Gasteiger partial charge in [0.25, 0.3) is 0 Å². The first kappa shape index (κ1) is 16.8. The first-order chi connectivity index (χ1) is 10.3. The average Bonchev–Trinajstić information content (AvgIpc) is 3.17. The van der Waals surface area contributed by atoms with E-state index in [0.29, 0.717) is 12.0 Å². The minimum Gasteiger partial charge on any atom is -0.353 e. The standard InChI is InChI=1S/C16H21N5.HI/c1-17-16(18-11-13-8-9-19-21(13)2)20-15-10-14(15)12-6-4-3-5-7-12;/h3-9,14-15H,10-11H2,1-2H3,(H2,17,18,20);1H. The van der Waals surface area contributed by atoms with Crippen LogP contribution in [0.25, 0.3) is 0 Å². The number of aromatic nitrogens is 2. The zero-order valence-electron chi connectivity index (χ0n) is 12.9. The topological polar surface area (TPSA) is 54.2 Å². The third-order valence-electron chi connectivity index (χ3n) is 3.92. The number of nitrogens with zero attached hydrogens (tertiary/aromatic N) is 3. The summed E-state index contributed by atoms with van der Waals surface area (Å²) in [5.41, 5.74) is 2.53. The molecule has 1 aromatic heterocycles. The quantitative estimate of drug-likeness (QED) is 0.461. The summed E-state index contributed by atoms with van der Waals surface area (Å²) in [4.78, 5) is 4.29. The fourth-order valence-electron chi connectivity index (χ4n) is 2.54. The summed E-state index contributed by atoms with van der Waals surface area (Å²) in [5.74, 6) is 1.45. The third-order valence-corrected chi connectivity index (χ3v) is 3.92. The molecule has 0 saturated heterocycles. The molecule has 22 heavy (non-hydrogen) atoms. The van der Waals surface area contributed by atoms with Gasteiger partial charge in [-0.3, -0.25) is 9.67 Å². The molecule has 0 amide bonds. The van der Waals surface area contributed by atoms with Crippen LogP contribution < -0.4 is 10.6 Å². The van der Waals surface area contributed by atoms with Crippen LogP contribution in [-0.2, 0) is 13.6 Å². The number of hydrogen-bond acceptors (Lipinski definition) is 2. The monoisotopic (exact) mass is 411 g/mol. The number of benzene rings is 1. The van der Waals surface area contributed by atoms with Crippen LogP contribution in [0.5, 0.6) is 0 Å². The Bertz CT molecular complexity index is 622.